The van der Waals surface area contributed by atoms with Crippen LogP contribution in [0.1, 0.15) is 6.42 Å². The molecular formula is C9H10I2NO6-. The van der Waals surface area contributed by atoms with Crippen molar-refractivity contribution in [1.82, 2.24) is 3.53 Å². The van der Waals surface area contributed by atoms with E-state index in [1.807, 2.05) is 22.6 Å². The molecule has 2 rings (SSSR count). The van der Waals surface area contributed by atoms with E-state index in [-0.39, 0.29) is 48.4 Å². The van der Waals surface area contributed by atoms with E-state index in [4.69, 9.17) is 9.47 Å². The summed E-state index contributed by atoms with van der Waals surface area (Å²) < 4.78 is 17.5. The molecule has 3 unspecified atom stereocenters. The van der Waals surface area contributed by atoms with E-state index in [2.05, 4.69) is 8.27 Å². The Bertz CT molecular complexity index is 372. The minimum atomic E-state index is -0.659. The summed E-state index contributed by atoms with van der Waals surface area (Å²) >= 11 is 1.92. The van der Waals surface area contributed by atoms with Crippen LogP contribution in [0.3, 0.4) is 0 Å². The van der Waals surface area contributed by atoms with Crippen LogP contribution in [0.2, 0.25) is 0 Å². The van der Waals surface area contributed by atoms with E-state index in [1.54, 1.807) is 0 Å². The van der Waals surface area contributed by atoms with Crippen LogP contribution in [0.5, 0.6) is 0 Å². The number of nitrogens with one attached hydrogen (secondary N) is 1. The van der Waals surface area contributed by atoms with E-state index < -0.39 is 24.6 Å². The van der Waals surface area contributed by atoms with E-state index in [0.717, 1.165) is 0 Å². The van der Waals surface area contributed by atoms with Gasteiger partial charge in [-0.05, 0) is 0 Å². The molecular weight excluding hydrogens is 472 g/mol. The number of esters is 3. The number of carbonyl (C=O) groups excluding carboxylic acids is 3. The summed E-state index contributed by atoms with van der Waals surface area (Å²) in [6, 6.07) is 0. The van der Waals surface area contributed by atoms with E-state index in [9.17, 15) is 14.4 Å². The predicted molar refractivity (Wildman–Crippen MR) is 61.1 cm³/mol. The van der Waals surface area contributed by atoms with Crippen LogP contribution in [0.4, 0.5) is 0 Å². The summed E-state index contributed by atoms with van der Waals surface area (Å²) in [5, 5.41) is 0. The molecule has 2 aliphatic heterocycles. The Morgan fingerprint density at radius 2 is 2.33 bits per heavy atom. The van der Waals surface area contributed by atoms with Crippen LogP contribution >= 0.6 is 22.6 Å². The van der Waals surface area contributed by atoms with Gasteiger partial charge in [-0.1, -0.05) is 0 Å². The summed E-state index contributed by atoms with van der Waals surface area (Å²) in [5.41, 5.74) is 0. The zero-order valence-electron chi connectivity index (χ0n) is 9.06. The average Bonchev–Trinajstić information content (AvgIpc) is 3.10. The Hall–Kier alpha value is -0.170. The van der Waals surface area contributed by atoms with Gasteiger partial charge in [-0.3, -0.25) is 0 Å². The maximum absolute atomic E-state index is 11.5. The Labute approximate surface area is 127 Å². The molecule has 18 heavy (non-hydrogen) atoms. The summed E-state index contributed by atoms with van der Waals surface area (Å²) in [6.45, 7) is -0.349. The topological polar surface area (TPSA) is 101 Å². The van der Waals surface area contributed by atoms with Crippen LogP contribution in [0, 0.1) is 0 Å². The van der Waals surface area contributed by atoms with E-state index in [1.165, 1.54) is 0 Å². The molecule has 2 heterocycles. The van der Waals surface area contributed by atoms with Crippen molar-refractivity contribution in [3.63, 3.8) is 0 Å². The van der Waals surface area contributed by atoms with Crippen LogP contribution in [0.15, 0.2) is 0 Å². The molecule has 0 bridgehead atoms. The Kier molecular flexibility index (Phi) is 5.00. The SMILES string of the molecule is O=C1CC(OC(=O)COC(=O)C(I)C2N[I-]2)CO1. The monoisotopic (exact) mass is 482 g/mol. The zero-order chi connectivity index (χ0) is 13.1. The molecule has 2 fully saturated rings. The first-order valence-corrected chi connectivity index (χ1v) is 8.67. The standard InChI is InChI=1S/C9H10I2NO6/c10-7(8-11-12-8)9(15)17-3-6(14)18-4-1-5(13)16-2-4/h4,7-8,12H,1-3H2/q-1. The third-order valence-electron chi connectivity index (χ3n) is 2.17. The number of halogens is 2. The number of ether oxygens (including phenoxy) is 3. The predicted octanol–water partition coefficient (Wildman–Crippen LogP) is -3.87. The minimum absolute atomic E-state index is 0.0605. The summed E-state index contributed by atoms with van der Waals surface area (Å²) in [7, 11) is 0. The Morgan fingerprint density at radius 1 is 1.61 bits per heavy atom. The van der Waals surface area contributed by atoms with Gasteiger partial charge in [-0.2, -0.15) is 0 Å². The van der Waals surface area contributed by atoms with Gasteiger partial charge in [0.15, 0.2) is 0 Å². The summed E-state index contributed by atoms with van der Waals surface area (Å²) in [5.74, 6) is -1.46. The van der Waals surface area contributed by atoms with Gasteiger partial charge in [-0.15, -0.1) is 0 Å². The number of hydrogen-bond donors (Lipinski definition) is 1. The molecule has 1 N–H and O–H groups in total. The van der Waals surface area contributed by atoms with Crippen LogP contribution in [-0.4, -0.2) is 45.2 Å². The molecule has 9 heteroatoms. The maximum atomic E-state index is 11.5. The fourth-order valence-electron chi connectivity index (χ4n) is 1.26. The van der Waals surface area contributed by atoms with Gasteiger partial charge < -0.3 is 0 Å². The fourth-order valence-corrected chi connectivity index (χ4v) is 4.40. The number of alkyl halides is 2. The van der Waals surface area contributed by atoms with Crippen LogP contribution < -0.4 is 25.0 Å². The molecule has 0 radical (unpaired) electrons. The number of hydrogen-bond acceptors (Lipinski definition) is 7. The quantitative estimate of drug-likeness (QED) is 0.0815. The molecule has 7 nitrogen and oxygen atoms in total. The fraction of sp³-hybridized carbons (Fsp3) is 0.667. The first-order chi connectivity index (χ1) is 8.56. The van der Waals surface area contributed by atoms with Gasteiger partial charge in [0.05, 0.1) is 0 Å². The second-order valence-corrected chi connectivity index (χ2v) is 7.56. The van der Waals surface area contributed by atoms with Crippen molar-refractivity contribution in [2.75, 3.05) is 13.2 Å². The van der Waals surface area contributed by atoms with Crippen molar-refractivity contribution >= 4 is 40.5 Å². The number of cyclic esters (lactones) is 1. The molecule has 3 atom stereocenters. The first kappa shape index (κ1) is 14.2. The van der Waals surface area contributed by atoms with Gasteiger partial charge in [0.25, 0.3) is 0 Å². The first-order valence-electron chi connectivity index (χ1n) is 5.10. The van der Waals surface area contributed by atoms with E-state index in [0.29, 0.717) is 0 Å². The second-order valence-electron chi connectivity index (χ2n) is 3.63. The van der Waals surface area contributed by atoms with Crippen molar-refractivity contribution < 1.29 is 50.1 Å². The molecule has 0 amide bonds. The molecule has 0 aromatic rings. The number of carbonyl (C=O) groups is 3. The Morgan fingerprint density at radius 3 is 2.89 bits per heavy atom. The van der Waals surface area contributed by atoms with Crippen LogP contribution in [0.25, 0.3) is 0 Å². The Balaban J connectivity index is 1.65. The molecule has 0 aromatic heterocycles. The molecule has 0 saturated carbocycles. The summed E-state index contributed by atoms with van der Waals surface area (Å²) in [4.78, 5) is 33.6. The molecule has 2 aliphatic rings. The van der Waals surface area contributed by atoms with Gasteiger partial charge >= 0.3 is 128 Å². The van der Waals surface area contributed by atoms with Crippen molar-refractivity contribution in [2.24, 2.45) is 0 Å². The van der Waals surface area contributed by atoms with Crippen molar-refractivity contribution in [3.8, 4) is 0 Å². The molecule has 0 spiro atoms. The number of rotatable bonds is 5. The van der Waals surface area contributed by atoms with Gasteiger partial charge in [0, 0.05) is 0 Å². The zero-order valence-corrected chi connectivity index (χ0v) is 13.4. The normalized spacial score (nSPS) is 27.7. The van der Waals surface area contributed by atoms with Gasteiger partial charge in [0.2, 0.25) is 0 Å². The second kappa shape index (κ2) is 6.32. The average molecular weight is 482 g/mol. The van der Waals surface area contributed by atoms with Crippen molar-refractivity contribution in [3.05, 3.63) is 0 Å². The molecule has 0 aromatic carbocycles. The molecule has 2 saturated heterocycles. The van der Waals surface area contributed by atoms with Gasteiger partial charge in [0.1, 0.15) is 0 Å². The molecule has 0 aliphatic carbocycles. The summed E-state index contributed by atoms with van der Waals surface area (Å²) in [6.07, 6.45) is -0.500. The van der Waals surface area contributed by atoms with Crippen molar-refractivity contribution in [2.45, 2.75) is 20.5 Å². The van der Waals surface area contributed by atoms with Crippen molar-refractivity contribution in [1.29, 1.82) is 0 Å². The van der Waals surface area contributed by atoms with Gasteiger partial charge in [-0.25, -0.2) is 0 Å². The molecule has 102 valence electrons. The third-order valence-corrected chi connectivity index (χ3v) is 6.84. The third kappa shape index (κ3) is 4.19. The van der Waals surface area contributed by atoms with Crippen LogP contribution in [-0.2, 0) is 28.6 Å². The van der Waals surface area contributed by atoms with E-state index >= 15 is 0 Å².